The zero-order chi connectivity index (χ0) is 27.2. The van der Waals surface area contributed by atoms with Crippen LogP contribution in [0.25, 0.3) is 0 Å². The lowest BCUT2D eigenvalue weighted by atomic mass is 10.00. The molecule has 0 bridgehead atoms. The molecule has 0 aliphatic carbocycles. The number of esters is 2. The van der Waals surface area contributed by atoms with E-state index in [1.807, 2.05) is 0 Å². The van der Waals surface area contributed by atoms with Gasteiger partial charge in [0.2, 0.25) is 5.91 Å². The fourth-order valence-corrected chi connectivity index (χ4v) is 5.39. The Morgan fingerprint density at radius 1 is 1.27 bits per heavy atom. The van der Waals surface area contributed by atoms with Gasteiger partial charge in [-0.25, -0.2) is 4.57 Å². The minimum absolute atomic E-state index is 0.232. The number of nitrogens with zero attached hydrogens (tertiary/aromatic N) is 1. The minimum Gasteiger partial charge on any atom is -0.468 e. The number of benzene rings is 1. The Morgan fingerprint density at radius 3 is 2.59 bits per heavy atom. The van der Waals surface area contributed by atoms with Crippen LogP contribution in [0.3, 0.4) is 0 Å². The van der Waals surface area contributed by atoms with Gasteiger partial charge >= 0.3 is 19.7 Å². The molecule has 13 heteroatoms. The van der Waals surface area contributed by atoms with Crippen molar-refractivity contribution in [3.8, 4) is 5.75 Å². The molecule has 1 unspecified atom stereocenters. The van der Waals surface area contributed by atoms with Crippen molar-refractivity contribution < 1.29 is 42.2 Å². The Labute approximate surface area is 215 Å². The highest BCUT2D eigenvalue weighted by Gasteiger charge is 2.47. The van der Waals surface area contributed by atoms with E-state index < -0.39 is 56.0 Å². The number of para-hydroxylation sites is 1. The molecule has 1 saturated heterocycles. The maximum atomic E-state index is 13.7. The van der Waals surface area contributed by atoms with Crippen LogP contribution in [-0.2, 0) is 37.7 Å². The highest BCUT2D eigenvalue weighted by molar-refractivity contribution is 7.52. The number of carbonyl (C=O) groups is 3. The lowest BCUT2D eigenvalue weighted by Gasteiger charge is -2.30. The van der Waals surface area contributed by atoms with E-state index in [-0.39, 0.29) is 12.4 Å². The summed E-state index contributed by atoms with van der Waals surface area (Å²) in [7, 11) is -2.90. The molecule has 202 valence electrons. The minimum atomic E-state index is -4.10. The number of methoxy groups -OCH3 is 1. The molecule has 0 spiro atoms. The molecule has 3 rings (SSSR count). The predicted octanol–water partition coefficient (Wildman–Crippen LogP) is 2.22. The molecule has 1 aromatic rings. The Hall–Kier alpha value is -3.18. The molecule has 2 aliphatic rings. The topological polar surface area (TPSA) is 156 Å². The van der Waals surface area contributed by atoms with Crippen molar-refractivity contribution in [2.45, 2.75) is 51.7 Å². The van der Waals surface area contributed by atoms with Gasteiger partial charge in [0.1, 0.15) is 11.8 Å². The van der Waals surface area contributed by atoms with Crippen molar-refractivity contribution in [1.82, 2.24) is 9.99 Å². The van der Waals surface area contributed by atoms with E-state index in [0.717, 1.165) is 0 Å². The quantitative estimate of drug-likeness (QED) is 0.315. The third-order valence-corrected chi connectivity index (χ3v) is 7.46. The van der Waals surface area contributed by atoms with Gasteiger partial charge in [-0.1, -0.05) is 31.2 Å². The van der Waals surface area contributed by atoms with E-state index in [1.165, 1.54) is 21.0 Å². The zero-order valence-corrected chi connectivity index (χ0v) is 22.0. The maximum absolute atomic E-state index is 13.7. The molecule has 1 aromatic carbocycles. The summed E-state index contributed by atoms with van der Waals surface area (Å²) in [4.78, 5) is 37.1. The normalized spacial score (nSPS) is 25.5. The number of ether oxygens (including phenoxy) is 3. The van der Waals surface area contributed by atoms with Gasteiger partial charge in [-0.3, -0.25) is 18.9 Å². The Bertz CT molecular complexity index is 1090. The summed E-state index contributed by atoms with van der Waals surface area (Å²) in [5.41, 5.74) is 5.79. The fraction of sp³-hybridized carbons (Fsp3) is 0.458. The van der Waals surface area contributed by atoms with Crippen LogP contribution in [0.5, 0.6) is 5.75 Å². The first-order valence-corrected chi connectivity index (χ1v) is 13.2. The van der Waals surface area contributed by atoms with E-state index >= 15 is 0 Å². The van der Waals surface area contributed by atoms with Crippen LogP contribution >= 0.6 is 7.75 Å². The van der Waals surface area contributed by atoms with Crippen LogP contribution in [0.1, 0.15) is 27.2 Å². The summed E-state index contributed by atoms with van der Waals surface area (Å²) in [5, 5.41) is 2.58. The third kappa shape index (κ3) is 7.42. The molecule has 12 nitrogen and oxygen atoms in total. The van der Waals surface area contributed by atoms with Gasteiger partial charge in [0.15, 0.2) is 12.3 Å². The number of rotatable bonds is 11. The zero-order valence-electron chi connectivity index (χ0n) is 21.1. The molecule has 0 saturated carbocycles. The molecule has 2 heterocycles. The van der Waals surface area contributed by atoms with Crippen molar-refractivity contribution >= 4 is 25.6 Å². The summed E-state index contributed by atoms with van der Waals surface area (Å²) in [6, 6.07) is 7.33. The van der Waals surface area contributed by atoms with Crippen LogP contribution in [-0.4, -0.2) is 60.9 Å². The van der Waals surface area contributed by atoms with Crippen molar-refractivity contribution in [3.05, 3.63) is 54.4 Å². The van der Waals surface area contributed by atoms with Crippen LogP contribution in [0.15, 0.2) is 54.4 Å². The van der Waals surface area contributed by atoms with Gasteiger partial charge in [0.05, 0.1) is 19.8 Å². The third-order valence-electron chi connectivity index (χ3n) is 5.82. The van der Waals surface area contributed by atoms with Crippen LogP contribution in [0.2, 0.25) is 0 Å². The van der Waals surface area contributed by atoms with Crippen LogP contribution < -0.4 is 15.3 Å². The van der Waals surface area contributed by atoms with E-state index in [0.29, 0.717) is 12.0 Å². The van der Waals surface area contributed by atoms with E-state index in [2.05, 4.69) is 5.09 Å². The standard InChI is InChI=1S/C24H32N3O9P/c1-15-20(35-23(21(15)34-17(3)28)27-12-8-9-18(13-27)22(25)29)14-33-37(31,26-16(2)24(30)32-4)36-19-10-6-5-7-11-19/h5-8,10-13,15-16,20-21,23H,9,14H2,1-4H3,(H2,25,29)(H,26,31)/t15-,16+,20-,21-,23-,37?/m1/s1. The second-order valence-corrected chi connectivity index (χ2v) is 10.3. The first kappa shape index (κ1) is 28.4. The number of hydrogen-bond acceptors (Lipinski definition) is 10. The molecule has 0 radical (unpaired) electrons. The van der Waals surface area contributed by atoms with Gasteiger partial charge in [0, 0.05) is 30.8 Å². The van der Waals surface area contributed by atoms with E-state index in [4.69, 9.17) is 29.0 Å². The van der Waals surface area contributed by atoms with Crippen LogP contribution in [0.4, 0.5) is 0 Å². The molecular formula is C24H32N3O9P. The molecule has 3 N–H and O–H groups in total. The highest BCUT2D eigenvalue weighted by Crippen LogP contribution is 2.46. The monoisotopic (exact) mass is 537 g/mol. The first-order chi connectivity index (χ1) is 17.5. The SMILES string of the molecule is COC(=O)[C@H](C)NP(=O)(OC[C@H]1O[C@@H](N2C=CCC(C(N)=O)=C2)[C@H](OC(C)=O)[C@@H]1C)Oc1ccccc1. The molecule has 37 heavy (non-hydrogen) atoms. The number of primary amides is 1. The number of nitrogens with two attached hydrogens (primary N) is 1. The molecule has 1 fully saturated rings. The predicted molar refractivity (Wildman–Crippen MR) is 131 cm³/mol. The number of hydrogen-bond donors (Lipinski definition) is 2. The largest absolute Gasteiger partial charge is 0.468 e. The lowest BCUT2D eigenvalue weighted by Crippen LogP contribution is -2.40. The van der Waals surface area contributed by atoms with E-state index in [9.17, 15) is 18.9 Å². The number of allylic oxidation sites excluding steroid dienone is 1. The lowest BCUT2D eigenvalue weighted by molar-refractivity contribution is -0.154. The number of nitrogens with one attached hydrogen (secondary N) is 1. The second kappa shape index (κ2) is 12.4. The summed E-state index contributed by atoms with van der Waals surface area (Å²) in [6.07, 6.45) is 3.12. The number of carbonyl (C=O) groups excluding carboxylic acids is 3. The molecule has 0 aromatic heterocycles. The highest BCUT2D eigenvalue weighted by atomic mass is 31.2. The summed E-state index contributed by atoms with van der Waals surface area (Å²) in [5.74, 6) is -1.89. The molecule has 2 aliphatic heterocycles. The van der Waals surface area contributed by atoms with Crippen molar-refractivity contribution in [3.63, 3.8) is 0 Å². The average molecular weight is 538 g/mol. The number of amides is 1. The smallest absolute Gasteiger partial charge is 0.459 e. The summed E-state index contributed by atoms with van der Waals surface area (Å²) < 4.78 is 41.4. The van der Waals surface area contributed by atoms with Crippen LogP contribution in [0, 0.1) is 5.92 Å². The van der Waals surface area contributed by atoms with Gasteiger partial charge in [-0.15, -0.1) is 0 Å². The molecule has 6 atom stereocenters. The Balaban J connectivity index is 1.80. The first-order valence-electron chi connectivity index (χ1n) is 11.6. The second-order valence-electron chi connectivity index (χ2n) is 8.62. The van der Waals surface area contributed by atoms with Crippen molar-refractivity contribution in [1.29, 1.82) is 0 Å². The van der Waals surface area contributed by atoms with Gasteiger partial charge in [-0.05, 0) is 25.5 Å². The van der Waals surface area contributed by atoms with Crippen molar-refractivity contribution in [2.75, 3.05) is 13.7 Å². The average Bonchev–Trinajstić information content (AvgIpc) is 3.17. The maximum Gasteiger partial charge on any atom is 0.459 e. The van der Waals surface area contributed by atoms with Gasteiger partial charge < -0.3 is 29.4 Å². The molecular weight excluding hydrogens is 505 g/mol. The van der Waals surface area contributed by atoms with E-state index in [1.54, 1.807) is 60.6 Å². The fourth-order valence-electron chi connectivity index (χ4n) is 3.89. The molecule has 1 amide bonds. The van der Waals surface area contributed by atoms with Gasteiger partial charge in [-0.2, -0.15) is 5.09 Å². The Kier molecular flexibility index (Phi) is 9.50. The van der Waals surface area contributed by atoms with Crippen molar-refractivity contribution in [2.24, 2.45) is 11.7 Å². The van der Waals surface area contributed by atoms with Gasteiger partial charge in [0.25, 0.3) is 0 Å². The Morgan fingerprint density at radius 2 is 1.97 bits per heavy atom. The summed E-state index contributed by atoms with van der Waals surface area (Å²) >= 11 is 0. The summed E-state index contributed by atoms with van der Waals surface area (Å²) in [6.45, 7) is 4.30.